The van der Waals surface area contributed by atoms with Crippen molar-refractivity contribution < 1.29 is 22.5 Å². The van der Waals surface area contributed by atoms with E-state index in [1.165, 1.54) is 0 Å². The number of sulfonamides is 1. The van der Waals surface area contributed by atoms with E-state index in [-0.39, 0.29) is 5.91 Å². The van der Waals surface area contributed by atoms with Crippen molar-refractivity contribution in [3.63, 3.8) is 0 Å². The molecule has 184 valence electrons. The lowest BCUT2D eigenvalue weighted by Crippen LogP contribution is -2.35. The molecule has 3 aromatic rings. The molecule has 0 bridgehead atoms. The molecular weight excluding hydrogens is 466 g/mol. The van der Waals surface area contributed by atoms with E-state index in [0.717, 1.165) is 48.2 Å². The molecule has 0 radical (unpaired) electrons. The minimum Gasteiger partial charge on any atom is -0.489 e. The Bertz CT molecular complexity index is 1340. The lowest BCUT2D eigenvalue weighted by molar-refractivity contribution is 0.0984. The number of anilines is 1. The Hall–Kier alpha value is -3.17. The molecule has 35 heavy (non-hydrogen) atoms. The molecule has 8 nitrogen and oxygen atoms in total. The second kappa shape index (κ2) is 9.47. The summed E-state index contributed by atoms with van der Waals surface area (Å²) in [6.07, 6.45) is 3.30. The molecule has 0 aliphatic carbocycles. The second-order valence-electron chi connectivity index (χ2n) is 9.08. The molecule has 2 aromatic carbocycles. The highest BCUT2D eigenvalue weighted by atomic mass is 32.2. The number of rotatable bonds is 6. The van der Waals surface area contributed by atoms with Crippen LogP contribution in [0.3, 0.4) is 0 Å². The van der Waals surface area contributed by atoms with Gasteiger partial charge in [-0.25, -0.2) is 8.42 Å². The van der Waals surface area contributed by atoms with Crippen LogP contribution in [0.15, 0.2) is 51.9 Å². The first-order chi connectivity index (χ1) is 16.8. The Morgan fingerprint density at radius 1 is 1.06 bits per heavy atom. The molecule has 0 saturated carbocycles. The van der Waals surface area contributed by atoms with Crippen LogP contribution in [-0.2, 0) is 23.1 Å². The Morgan fingerprint density at radius 2 is 1.86 bits per heavy atom. The summed E-state index contributed by atoms with van der Waals surface area (Å²) in [6, 6.07) is 12.3. The van der Waals surface area contributed by atoms with Crippen molar-refractivity contribution >= 4 is 21.6 Å². The standard InChI is InChI=1S/C26H29N3O5S/c1-18-24(19(2)34-27-18)17-33-22-9-5-7-21(15-22)26(30)29-14-6-8-20-16-23(10-11-25(20)29)35(31,32)28-12-3-4-13-28/h5,7,9-11,15-16H,3-4,6,8,12-14,17H2,1-2H3. The molecule has 3 heterocycles. The minimum absolute atomic E-state index is 0.135. The Kier molecular flexibility index (Phi) is 6.37. The third-order valence-electron chi connectivity index (χ3n) is 6.76. The van der Waals surface area contributed by atoms with Crippen molar-refractivity contribution in [3.8, 4) is 5.75 Å². The molecule has 2 aliphatic heterocycles. The lowest BCUT2D eigenvalue weighted by atomic mass is 10.0. The molecule has 0 spiro atoms. The van der Waals surface area contributed by atoms with Gasteiger partial charge in [0.1, 0.15) is 18.1 Å². The maximum atomic E-state index is 13.5. The fourth-order valence-electron chi connectivity index (χ4n) is 4.76. The monoisotopic (exact) mass is 495 g/mol. The van der Waals surface area contributed by atoms with Gasteiger partial charge in [0, 0.05) is 30.9 Å². The summed E-state index contributed by atoms with van der Waals surface area (Å²) < 4.78 is 38.7. The summed E-state index contributed by atoms with van der Waals surface area (Å²) in [5, 5.41) is 3.94. The largest absolute Gasteiger partial charge is 0.489 e. The van der Waals surface area contributed by atoms with E-state index in [2.05, 4.69) is 5.16 Å². The number of nitrogens with zero attached hydrogens (tertiary/aromatic N) is 3. The van der Waals surface area contributed by atoms with Gasteiger partial charge in [-0.15, -0.1) is 0 Å². The number of amides is 1. The van der Waals surface area contributed by atoms with Crippen LogP contribution in [0.1, 0.15) is 52.2 Å². The highest BCUT2D eigenvalue weighted by Gasteiger charge is 2.30. The van der Waals surface area contributed by atoms with Gasteiger partial charge in [0.15, 0.2) is 0 Å². The van der Waals surface area contributed by atoms with Crippen LogP contribution in [0.25, 0.3) is 0 Å². The number of hydrogen-bond acceptors (Lipinski definition) is 6. The normalized spacial score (nSPS) is 16.3. The number of benzene rings is 2. The Morgan fingerprint density at radius 3 is 2.60 bits per heavy atom. The first-order valence-electron chi connectivity index (χ1n) is 11.9. The molecular formula is C26H29N3O5S. The molecule has 2 aliphatic rings. The maximum absolute atomic E-state index is 13.5. The molecule has 1 saturated heterocycles. The molecule has 9 heteroatoms. The van der Waals surface area contributed by atoms with Gasteiger partial charge < -0.3 is 14.2 Å². The fraction of sp³-hybridized carbons (Fsp3) is 0.385. The highest BCUT2D eigenvalue weighted by molar-refractivity contribution is 7.89. The van der Waals surface area contributed by atoms with Gasteiger partial charge in [-0.05, 0) is 81.5 Å². The van der Waals surface area contributed by atoms with Crippen LogP contribution in [0.2, 0.25) is 0 Å². The van der Waals surface area contributed by atoms with Gasteiger partial charge in [0.25, 0.3) is 5.91 Å². The summed E-state index contributed by atoms with van der Waals surface area (Å²) in [6.45, 7) is 5.73. The SMILES string of the molecule is Cc1noc(C)c1COc1cccc(C(=O)N2CCCc3cc(S(=O)(=O)N4CCCC4)ccc32)c1. The van der Waals surface area contributed by atoms with E-state index in [0.29, 0.717) is 48.2 Å². The molecule has 1 aromatic heterocycles. The van der Waals surface area contributed by atoms with Gasteiger partial charge in [-0.1, -0.05) is 11.2 Å². The maximum Gasteiger partial charge on any atom is 0.258 e. The van der Waals surface area contributed by atoms with E-state index in [9.17, 15) is 13.2 Å². The third kappa shape index (κ3) is 4.58. The molecule has 0 atom stereocenters. The zero-order chi connectivity index (χ0) is 24.6. The van der Waals surface area contributed by atoms with Crippen molar-refractivity contribution in [1.82, 2.24) is 9.46 Å². The minimum atomic E-state index is -3.50. The molecule has 1 amide bonds. The summed E-state index contributed by atoms with van der Waals surface area (Å²) in [5.74, 6) is 1.16. The molecule has 0 unspecified atom stereocenters. The predicted molar refractivity (Wildman–Crippen MR) is 131 cm³/mol. The Labute approximate surface area is 205 Å². The predicted octanol–water partition coefficient (Wildman–Crippen LogP) is 4.25. The van der Waals surface area contributed by atoms with Gasteiger partial charge in [0.05, 0.1) is 16.2 Å². The number of fused-ring (bicyclic) bond motifs is 1. The van der Waals surface area contributed by atoms with E-state index in [4.69, 9.17) is 9.26 Å². The first kappa shape index (κ1) is 23.6. The van der Waals surface area contributed by atoms with Crippen molar-refractivity contribution in [2.45, 2.75) is 51.0 Å². The molecule has 0 N–H and O–H groups in total. The van der Waals surface area contributed by atoms with Crippen molar-refractivity contribution in [2.24, 2.45) is 0 Å². The fourth-order valence-corrected chi connectivity index (χ4v) is 6.33. The van der Waals surface area contributed by atoms with E-state index < -0.39 is 10.0 Å². The topological polar surface area (TPSA) is 93.0 Å². The summed E-state index contributed by atoms with van der Waals surface area (Å²) in [5.41, 5.74) is 3.85. The number of hydrogen-bond donors (Lipinski definition) is 0. The van der Waals surface area contributed by atoms with E-state index in [1.807, 2.05) is 19.9 Å². The van der Waals surface area contributed by atoms with Crippen LogP contribution in [-0.4, -0.2) is 43.4 Å². The van der Waals surface area contributed by atoms with Crippen LogP contribution in [0, 0.1) is 13.8 Å². The van der Waals surface area contributed by atoms with Gasteiger partial charge >= 0.3 is 0 Å². The number of aromatic nitrogens is 1. The number of carbonyl (C=O) groups is 1. The average molecular weight is 496 g/mol. The zero-order valence-corrected chi connectivity index (χ0v) is 20.8. The van der Waals surface area contributed by atoms with Gasteiger partial charge in [-0.3, -0.25) is 4.79 Å². The quantitative estimate of drug-likeness (QED) is 0.508. The van der Waals surface area contributed by atoms with Crippen LogP contribution in [0.4, 0.5) is 5.69 Å². The number of carbonyl (C=O) groups excluding carboxylic acids is 1. The van der Waals surface area contributed by atoms with Gasteiger partial charge in [-0.2, -0.15) is 4.31 Å². The van der Waals surface area contributed by atoms with Crippen LogP contribution in [0.5, 0.6) is 5.75 Å². The smallest absolute Gasteiger partial charge is 0.258 e. The lowest BCUT2D eigenvalue weighted by Gasteiger charge is -2.30. The highest BCUT2D eigenvalue weighted by Crippen LogP contribution is 2.32. The first-order valence-corrected chi connectivity index (χ1v) is 13.4. The van der Waals surface area contributed by atoms with Crippen molar-refractivity contribution in [1.29, 1.82) is 0 Å². The number of aryl methyl sites for hydroxylation is 3. The zero-order valence-electron chi connectivity index (χ0n) is 20.0. The van der Waals surface area contributed by atoms with E-state index >= 15 is 0 Å². The second-order valence-corrected chi connectivity index (χ2v) is 11.0. The Balaban J connectivity index is 1.36. The average Bonchev–Trinajstić information content (AvgIpc) is 3.52. The van der Waals surface area contributed by atoms with Crippen molar-refractivity contribution in [2.75, 3.05) is 24.5 Å². The summed E-state index contributed by atoms with van der Waals surface area (Å²) in [4.78, 5) is 15.5. The summed E-state index contributed by atoms with van der Waals surface area (Å²) >= 11 is 0. The molecule has 1 fully saturated rings. The summed E-state index contributed by atoms with van der Waals surface area (Å²) in [7, 11) is -3.50. The molecule has 5 rings (SSSR count). The van der Waals surface area contributed by atoms with Gasteiger partial charge in [0.2, 0.25) is 10.0 Å². The number of ether oxygens (including phenoxy) is 1. The van der Waals surface area contributed by atoms with Crippen LogP contribution >= 0.6 is 0 Å². The van der Waals surface area contributed by atoms with Crippen LogP contribution < -0.4 is 9.64 Å². The van der Waals surface area contributed by atoms with Crippen molar-refractivity contribution in [3.05, 3.63) is 70.6 Å². The van der Waals surface area contributed by atoms with E-state index in [1.54, 1.807) is 45.6 Å². The third-order valence-corrected chi connectivity index (χ3v) is 8.66.